The van der Waals surface area contributed by atoms with Crippen molar-refractivity contribution in [3.05, 3.63) is 0 Å². The van der Waals surface area contributed by atoms with Gasteiger partial charge in [0.05, 0.1) is 50.8 Å². The summed E-state index contributed by atoms with van der Waals surface area (Å²) in [5, 5.41) is 44.0. The maximum absolute atomic E-state index is 12.8. The second-order valence-corrected chi connectivity index (χ2v) is 27.9. The number of nitrogens with zero attached hydrogens (tertiary/aromatic N) is 4. The van der Waals surface area contributed by atoms with E-state index in [-0.39, 0.29) is 29.8 Å². The van der Waals surface area contributed by atoms with Crippen LogP contribution in [0.5, 0.6) is 0 Å². The first-order valence-corrected chi connectivity index (χ1v) is 37.1. The minimum absolute atomic E-state index is 0.138. The van der Waals surface area contributed by atoms with Crippen molar-refractivity contribution in [1.82, 2.24) is 19.6 Å². The molecule has 1 heterocycles. The van der Waals surface area contributed by atoms with E-state index in [0.717, 1.165) is 173 Å². The van der Waals surface area contributed by atoms with Crippen LogP contribution < -0.4 is 0 Å². The number of hydrogen-bond acceptors (Lipinski definition) is 20. The average molecular weight is 1280 g/mol. The van der Waals surface area contributed by atoms with Crippen LogP contribution in [-0.4, -0.2) is 217 Å². The molecule has 0 aliphatic carbocycles. The molecule has 4 atom stereocenters. The topological polar surface area (TPSA) is 225 Å². The zero-order valence-electron chi connectivity index (χ0n) is 55.8. The van der Waals surface area contributed by atoms with E-state index in [4.69, 9.17) is 23.7 Å². The number of hydrogen-bond donors (Lipinski definition) is 4. The Kier molecular flexibility index (Phi) is 54.8. The summed E-state index contributed by atoms with van der Waals surface area (Å²) >= 11 is 0. The van der Waals surface area contributed by atoms with Crippen molar-refractivity contribution < 1.29 is 68.1 Å². The molecule has 0 aromatic carbocycles. The lowest BCUT2D eigenvalue weighted by Crippen LogP contribution is -2.47. The van der Waals surface area contributed by atoms with Crippen LogP contribution in [0.3, 0.4) is 0 Å². The lowest BCUT2D eigenvalue weighted by Gasteiger charge is -2.34. The molecule has 512 valence electrons. The molecule has 0 radical (unpaired) electrons. The van der Waals surface area contributed by atoms with E-state index in [1.165, 1.54) is 0 Å². The van der Waals surface area contributed by atoms with Gasteiger partial charge in [0.2, 0.25) is 0 Å². The van der Waals surface area contributed by atoms with Gasteiger partial charge in [-0.05, 0) is 128 Å². The van der Waals surface area contributed by atoms with Crippen molar-refractivity contribution in [3.8, 4) is 0 Å². The number of esters is 5. The Hall–Kier alpha value is -2.27. The first-order chi connectivity index (χ1) is 42.0. The van der Waals surface area contributed by atoms with Crippen molar-refractivity contribution >= 4 is 51.4 Å². The highest BCUT2D eigenvalue weighted by molar-refractivity contribution is 8.76. The monoisotopic (exact) mass is 1280 g/mol. The molecule has 0 amide bonds. The van der Waals surface area contributed by atoms with Crippen LogP contribution in [0.4, 0.5) is 0 Å². The van der Waals surface area contributed by atoms with Gasteiger partial charge in [-0.2, -0.15) is 0 Å². The fraction of sp³-hybridized carbons (Fsp3) is 0.925. The number of carbonyl (C=O) groups excluding carboxylic acids is 5. The Morgan fingerprint density at radius 1 is 0.368 bits per heavy atom. The summed E-state index contributed by atoms with van der Waals surface area (Å²) in [6.07, 6.45) is 20.8. The fourth-order valence-corrected chi connectivity index (χ4v) is 12.3. The van der Waals surface area contributed by atoms with Crippen molar-refractivity contribution in [3.63, 3.8) is 0 Å². The van der Waals surface area contributed by atoms with E-state index in [1.54, 1.807) is 0 Å². The zero-order valence-corrected chi connectivity index (χ0v) is 57.4. The summed E-state index contributed by atoms with van der Waals surface area (Å²) < 4.78 is 26.9. The molecule has 87 heavy (non-hydrogen) atoms. The lowest BCUT2D eigenvalue weighted by molar-refractivity contribution is -0.145. The van der Waals surface area contributed by atoms with Crippen molar-refractivity contribution in [2.45, 2.75) is 265 Å². The van der Waals surface area contributed by atoms with Gasteiger partial charge in [-0.15, -0.1) is 0 Å². The molecule has 0 aromatic heterocycles. The zero-order chi connectivity index (χ0) is 64.0. The second kappa shape index (κ2) is 57.6. The van der Waals surface area contributed by atoms with Gasteiger partial charge in [-0.25, -0.2) is 0 Å². The molecule has 0 aromatic rings. The fourth-order valence-electron chi connectivity index (χ4n) is 10.1. The van der Waals surface area contributed by atoms with Crippen LogP contribution in [0.15, 0.2) is 0 Å². The van der Waals surface area contributed by atoms with E-state index in [2.05, 4.69) is 61.1 Å². The molecule has 1 rings (SSSR count). The molecule has 1 aliphatic rings. The summed E-state index contributed by atoms with van der Waals surface area (Å²) in [6, 6.07) is 0. The number of aliphatic hydroxyl groups excluding tert-OH is 4. The molecular formula is C67H128N4O14S2. The molecule has 20 heteroatoms. The minimum Gasteiger partial charge on any atom is -0.466 e. The summed E-state index contributed by atoms with van der Waals surface area (Å²) in [4.78, 5) is 70.0. The predicted molar refractivity (Wildman–Crippen MR) is 354 cm³/mol. The summed E-state index contributed by atoms with van der Waals surface area (Å²) in [5.41, 5.74) is 0. The highest BCUT2D eigenvalue weighted by Gasteiger charge is 2.21. The van der Waals surface area contributed by atoms with Crippen LogP contribution in [0.2, 0.25) is 0 Å². The smallest absolute Gasteiger partial charge is 0.305 e. The molecule has 0 bridgehead atoms. The molecule has 0 saturated carbocycles. The van der Waals surface area contributed by atoms with Gasteiger partial charge < -0.3 is 44.1 Å². The molecule has 0 spiro atoms. The van der Waals surface area contributed by atoms with Gasteiger partial charge in [0.15, 0.2) is 0 Å². The summed E-state index contributed by atoms with van der Waals surface area (Å²) in [7, 11) is 3.81. The quantitative estimate of drug-likeness (QED) is 0.0192. The van der Waals surface area contributed by atoms with Crippen LogP contribution in [-0.2, 0) is 47.7 Å². The van der Waals surface area contributed by atoms with Gasteiger partial charge in [-0.3, -0.25) is 43.6 Å². The third kappa shape index (κ3) is 54.0. The van der Waals surface area contributed by atoms with E-state index in [0.29, 0.717) is 161 Å². The van der Waals surface area contributed by atoms with Crippen molar-refractivity contribution in [1.29, 1.82) is 0 Å². The van der Waals surface area contributed by atoms with E-state index < -0.39 is 24.4 Å². The minimum atomic E-state index is -0.545. The van der Waals surface area contributed by atoms with E-state index in [9.17, 15) is 44.4 Å². The average Bonchev–Trinajstić information content (AvgIpc) is 3.55. The highest BCUT2D eigenvalue weighted by atomic mass is 33.1. The van der Waals surface area contributed by atoms with Crippen molar-refractivity contribution in [2.24, 2.45) is 11.8 Å². The predicted octanol–water partition coefficient (Wildman–Crippen LogP) is 11.2. The molecular weight excluding hydrogens is 1150 g/mol. The Morgan fingerprint density at radius 3 is 1.07 bits per heavy atom. The Morgan fingerprint density at radius 2 is 0.678 bits per heavy atom. The van der Waals surface area contributed by atoms with Crippen LogP contribution in [0.25, 0.3) is 0 Å². The van der Waals surface area contributed by atoms with Gasteiger partial charge in [-0.1, -0.05) is 127 Å². The number of ether oxygens (including phenoxy) is 5. The first kappa shape index (κ1) is 82.7. The largest absolute Gasteiger partial charge is 0.466 e. The third-order valence-electron chi connectivity index (χ3n) is 15.8. The van der Waals surface area contributed by atoms with Gasteiger partial charge >= 0.3 is 29.8 Å². The lowest BCUT2D eigenvalue weighted by atomic mass is 10.1. The molecule has 4 N–H and O–H groups in total. The van der Waals surface area contributed by atoms with Crippen LogP contribution >= 0.6 is 21.6 Å². The molecule has 4 unspecified atom stereocenters. The van der Waals surface area contributed by atoms with E-state index >= 15 is 0 Å². The third-order valence-corrected chi connectivity index (χ3v) is 18.2. The van der Waals surface area contributed by atoms with Gasteiger partial charge in [0.1, 0.15) is 6.61 Å². The SMILES string of the molecule is CCCCOC(=O)CCCCC(O)CN(CCCCSSCCN1CCN(CCOC(=O)CCCCN(CC(O)CCCCCCC(=O)OCCC(C)C)CC(O)CCCCCCC(=O)OCCC(C)C)CC1)CC(O)CCCCC(=O)OCCCC. The number of aliphatic hydroxyl groups is 4. The normalized spacial score (nSPS) is 14.6. The second-order valence-electron chi connectivity index (χ2n) is 25.2. The Balaban J connectivity index is 2.42. The molecule has 1 fully saturated rings. The number of piperazine rings is 1. The molecule has 1 saturated heterocycles. The molecule has 1 aliphatic heterocycles. The summed E-state index contributed by atoms with van der Waals surface area (Å²) in [6.45, 7) is 23.7. The van der Waals surface area contributed by atoms with Crippen LogP contribution in [0.1, 0.15) is 241 Å². The first-order valence-electron chi connectivity index (χ1n) is 34.6. The highest BCUT2D eigenvalue weighted by Crippen LogP contribution is 2.23. The van der Waals surface area contributed by atoms with E-state index in [1.807, 2.05) is 21.6 Å². The number of rotatable bonds is 61. The number of unbranched alkanes of at least 4 members (excludes halogenated alkanes) is 12. The van der Waals surface area contributed by atoms with Gasteiger partial charge in [0.25, 0.3) is 0 Å². The Labute approximate surface area is 536 Å². The maximum atomic E-state index is 12.8. The van der Waals surface area contributed by atoms with Crippen molar-refractivity contribution in [2.75, 3.05) is 123 Å². The van der Waals surface area contributed by atoms with Crippen LogP contribution in [0, 0.1) is 11.8 Å². The van der Waals surface area contributed by atoms with Gasteiger partial charge in [0, 0.05) is 109 Å². The summed E-state index contributed by atoms with van der Waals surface area (Å²) in [5.74, 6) is 2.25. The number of carbonyl (C=O) groups is 5. The maximum Gasteiger partial charge on any atom is 0.305 e. The standard InChI is InChI=1S/C67H128N4O14S2/c1-7-9-46-81-63(76)33-21-19-29-61(74)55-71(56-62(75)30-20-22-34-64(77)82-47-10-8-2)39-25-26-51-86-87-52-45-69-42-40-68(41-43-69)44-50-85-67(80)35-23-24-38-70(53-59(72)27-15-11-13-17-31-65(78)83-48-36-57(3)4)54-60(73)28-16-12-14-18-32-66(79)84-49-37-58(5)6/h57-62,72-75H,7-56H2,1-6H3. The molecule has 18 nitrogen and oxygen atoms in total. The Bertz CT molecular complexity index is 1580.